The molecule has 82 valence electrons. The summed E-state index contributed by atoms with van der Waals surface area (Å²) in [5.41, 5.74) is 0.684. The van der Waals surface area contributed by atoms with E-state index in [-0.39, 0.29) is 12.3 Å². The highest BCUT2D eigenvalue weighted by Crippen LogP contribution is 2.60. The molecule has 15 heavy (non-hydrogen) atoms. The average molecular weight is 215 g/mol. The predicted molar refractivity (Wildman–Crippen MR) is 53.2 cm³/mol. The van der Waals surface area contributed by atoms with Gasteiger partial charge in [0, 0.05) is 0 Å². The second-order valence-electron chi connectivity index (χ2n) is 3.87. The van der Waals surface area contributed by atoms with Crippen molar-refractivity contribution in [3.63, 3.8) is 0 Å². The van der Waals surface area contributed by atoms with E-state index < -0.39 is 12.8 Å². The third kappa shape index (κ3) is 1.96. The Kier molecular flexibility index (Phi) is 2.40. The highest BCUT2D eigenvalue weighted by atomic mass is 19.4. The maximum absolute atomic E-state index is 12.4. The van der Waals surface area contributed by atoms with Crippen LogP contribution in [-0.2, 0) is 0 Å². The van der Waals surface area contributed by atoms with Crippen LogP contribution in [0.25, 0.3) is 0 Å². The smallest absolute Gasteiger partial charge is 0.481 e. The fraction of sp³-hybridized carbons (Fsp3) is 0.400. The van der Waals surface area contributed by atoms with Crippen LogP contribution in [0.1, 0.15) is 17.9 Å². The lowest BCUT2D eigenvalue weighted by molar-refractivity contribution is 0.409. The van der Waals surface area contributed by atoms with E-state index >= 15 is 0 Å². The highest BCUT2D eigenvalue weighted by Gasteiger charge is 2.51. The summed E-state index contributed by atoms with van der Waals surface area (Å²) in [6, 6.07) is 6.93. The number of methoxy groups -OCH3 is 1. The quantitative estimate of drug-likeness (QED) is 0.702. The van der Waals surface area contributed by atoms with E-state index in [0.717, 1.165) is 0 Å². The van der Waals surface area contributed by atoms with Gasteiger partial charge in [-0.1, -0.05) is 30.4 Å². The first-order valence-electron chi connectivity index (χ1n) is 4.87. The van der Waals surface area contributed by atoms with E-state index in [9.17, 15) is 12.9 Å². The highest BCUT2D eigenvalue weighted by molar-refractivity contribution is 6.61. The van der Waals surface area contributed by atoms with Crippen molar-refractivity contribution in [2.24, 2.45) is 0 Å². The van der Waals surface area contributed by atoms with Crippen LogP contribution >= 0.6 is 0 Å². The molecule has 1 aromatic rings. The first-order valence-corrected chi connectivity index (χ1v) is 4.87. The van der Waals surface area contributed by atoms with E-state index in [1.807, 2.05) is 0 Å². The third-order valence-corrected chi connectivity index (χ3v) is 2.86. The van der Waals surface area contributed by atoms with Gasteiger partial charge in [-0.2, -0.15) is 0 Å². The summed E-state index contributed by atoms with van der Waals surface area (Å²) >= 11 is 0. The molecular formula is C10H11BF3O-. The van der Waals surface area contributed by atoms with Crippen molar-refractivity contribution >= 4 is 6.98 Å². The number of ether oxygens (including phenoxy) is 1. The van der Waals surface area contributed by atoms with Crippen molar-refractivity contribution in [3.8, 4) is 5.75 Å². The maximum atomic E-state index is 12.4. The van der Waals surface area contributed by atoms with E-state index in [4.69, 9.17) is 4.74 Å². The number of hydrogen-bond donors (Lipinski definition) is 0. The van der Waals surface area contributed by atoms with Gasteiger partial charge >= 0.3 is 6.98 Å². The van der Waals surface area contributed by atoms with Gasteiger partial charge in [-0.15, -0.1) is 0 Å². The molecule has 0 aliphatic heterocycles. The van der Waals surface area contributed by atoms with E-state index in [2.05, 4.69) is 0 Å². The minimum Gasteiger partial charge on any atom is -0.496 e. The van der Waals surface area contributed by atoms with Crippen molar-refractivity contribution in [2.45, 2.75) is 18.2 Å². The monoisotopic (exact) mass is 215 g/mol. The largest absolute Gasteiger partial charge is 0.496 e. The summed E-state index contributed by atoms with van der Waals surface area (Å²) in [4.78, 5) is 0. The first kappa shape index (κ1) is 10.4. The molecule has 0 amide bonds. The molecule has 0 aromatic heterocycles. The molecule has 1 fully saturated rings. The molecule has 0 unspecified atom stereocenters. The number of hydrogen-bond acceptors (Lipinski definition) is 1. The fourth-order valence-electron chi connectivity index (χ4n) is 1.96. The van der Waals surface area contributed by atoms with Crippen molar-refractivity contribution < 1.29 is 17.7 Å². The van der Waals surface area contributed by atoms with Crippen LogP contribution in [0.2, 0.25) is 5.82 Å². The Morgan fingerprint density at radius 2 is 1.93 bits per heavy atom. The van der Waals surface area contributed by atoms with Crippen molar-refractivity contribution in [1.82, 2.24) is 0 Å². The lowest BCUT2D eigenvalue weighted by Gasteiger charge is -2.14. The van der Waals surface area contributed by atoms with Gasteiger partial charge in [0.25, 0.3) is 0 Å². The fourth-order valence-corrected chi connectivity index (χ4v) is 1.96. The molecule has 0 radical (unpaired) electrons. The minimum atomic E-state index is -4.70. The van der Waals surface area contributed by atoms with Gasteiger partial charge in [0.1, 0.15) is 5.75 Å². The van der Waals surface area contributed by atoms with Gasteiger partial charge in [0.2, 0.25) is 0 Å². The molecule has 1 aliphatic rings. The topological polar surface area (TPSA) is 9.23 Å². The second kappa shape index (κ2) is 3.47. The lowest BCUT2D eigenvalue weighted by Crippen LogP contribution is -2.15. The minimum absolute atomic E-state index is 0.212. The zero-order valence-corrected chi connectivity index (χ0v) is 8.29. The third-order valence-electron chi connectivity index (χ3n) is 2.86. The summed E-state index contributed by atoms with van der Waals surface area (Å²) in [6.45, 7) is -4.70. The molecule has 1 aromatic carbocycles. The zero-order chi connectivity index (χ0) is 11.1. The number of benzene rings is 1. The molecule has 2 atom stereocenters. The van der Waals surface area contributed by atoms with Crippen LogP contribution in [0.4, 0.5) is 12.9 Å². The van der Waals surface area contributed by atoms with Crippen molar-refractivity contribution in [3.05, 3.63) is 29.8 Å². The lowest BCUT2D eigenvalue weighted by atomic mass is 9.81. The first-order chi connectivity index (χ1) is 7.04. The SMILES string of the molecule is COc1ccccc1[C@@H]1C[C@H]1[B-](F)(F)F. The van der Waals surface area contributed by atoms with Crippen LogP contribution < -0.4 is 4.74 Å². The molecule has 0 heterocycles. The van der Waals surface area contributed by atoms with Gasteiger partial charge in [-0.3, -0.25) is 0 Å². The molecule has 1 saturated carbocycles. The average Bonchev–Trinajstić information content (AvgIpc) is 2.96. The summed E-state index contributed by atoms with van der Waals surface area (Å²) in [6.07, 6.45) is 0.212. The molecule has 1 nitrogen and oxygen atoms in total. The normalized spacial score (nSPS) is 25.1. The van der Waals surface area contributed by atoms with E-state index in [0.29, 0.717) is 11.3 Å². The van der Waals surface area contributed by atoms with Gasteiger partial charge in [-0.25, -0.2) is 0 Å². The Balaban J connectivity index is 2.20. The van der Waals surface area contributed by atoms with Crippen LogP contribution in [0.3, 0.4) is 0 Å². The van der Waals surface area contributed by atoms with Crippen LogP contribution in [0, 0.1) is 0 Å². The Bertz CT molecular complexity index is 364. The van der Waals surface area contributed by atoms with Crippen molar-refractivity contribution in [2.75, 3.05) is 7.11 Å². The van der Waals surface area contributed by atoms with Gasteiger partial charge in [0.05, 0.1) is 7.11 Å². The maximum Gasteiger partial charge on any atom is 0.481 e. The molecule has 5 heteroatoms. The number of halogens is 3. The zero-order valence-electron chi connectivity index (χ0n) is 8.29. The van der Waals surface area contributed by atoms with E-state index in [1.165, 1.54) is 7.11 Å². The van der Waals surface area contributed by atoms with Crippen molar-refractivity contribution in [1.29, 1.82) is 0 Å². The summed E-state index contributed by atoms with van der Waals surface area (Å²) in [5, 5.41) is 0. The Morgan fingerprint density at radius 1 is 1.27 bits per heavy atom. The standard InChI is InChI=1S/C10H11BF3O/c1-15-10-5-3-2-4-7(10)8-6-9(8)11(12,13)14/h2-5,8-9H,6H2,1H3/q-1/t8-,9+/m0/s1. The molecule has 1 aliphatic carbocycles. The predicted octanol–water partition coefficient (Wildman–Crippen LogP) is 3.40. The Morgan fingerprint density at radius 3 is 2.47 bits per heavy atom. The summed E-state index contributed by atoms with van der Waals surface area (Å²) in [5.74, 6) is -0.951. The van der Waals surface area contributed by atoms with Gasteiger partial charge in [-0.05, 0) is 17.5 Å². The van der Waals surface area contributed by atoms with Gasteiger partial charge < -0.3 is 17.7 Å². The summed E-state index contributed by atoms with van der Waals surface area (Å²) < 4.78 is 42.3. The Labute approximate surface area is 86.3 Å². The van der Waals surface area contributed by atoms with Crippen LogP contribution in [0.15, 0.2) is 24.3 Å². The number of para-hydroxylation sites is 1. The second-order valence-corrected chi connectivity index (χ2v) is 3.87. The molecule has 0 spiro atoms. The Hall–Kier alpha value is -1.13. The molecular weight excluding hydrogens is 204 g/mol. The van der Waals surface area contributed by atoms with E-state index in [1.54, 1.807) is 24.3 Å². The molecule has 2 rings (SSSR count). The van der Waals surface area contributed by atoms with Gasteiger partial charge in [0.15, 0.2) is 0 Å². The van der Waals surface area contributed by atoms with Crippen LogP contribution in [-0.4, -0.2) is 14.1 Å². The molecule has 0 bridgehead atoms. The molecule has 0 saturated heterocycles. The van der Waals surface area contributed by atoms with Crippen LogP contribution in [0.5, 0.6) is 5.75 Å². The molecule has 0 N–H and O–H groups in total. The summed E-state index contributed by atoms with van der Waals surface area (Å²) in [7, 11) is 1.48. The number of rotatable bonds is 3.